The van der Waals surface area contributed by atoms with E-state index < -0.39 is 0 Å². The van der Waals surface area contributed by atoms with Crippen LogP contribution in [0.4, 0.5) is 0 Å². The first-order chi connectivity index (χ1) is 9.61. The van der Waals surface area contributed by atoms with Crippen LogP contribution in [0.25, 0.3) is 11.1 Å². The highest BCUT2D eigenvalue weighted by Crippen LogP contribution is 2.23. The molecule has 1 amide bonds. The third-order valence-electron chi connectivity index (χ3n) is 3.01. The molecule has 20 heavy (non-hydrogen) atoms. The van der Waals surface area contributed by atoms with Crippen LogP contribution in [0.15, 0.2) is 48.5 Å². The van der Waals surface area contributed by atoms with Gasteiger partial charge in [-0.05, 0) is 42.3 Å². The number of carbonyl (C=O) groups excluding carboxylic acids is 1. The summed E-state index contributed by atoms with van der Waals surface area (Å²) in [4.78, 5) is 13.6. The van der Waals surface area contributed by atoms with E-state index in [-0.39, 0.29) is 5.91 Å². The lowest BCUT2D eigenvalue weighted by Gasteiger charge is -2.11. The Bertz CT molecular complexity index is 588. The van der Waals surface area contributed by atoms with Crippen molar-refractivity contribution in [1.29, 1.82) is 0 Å². The number of amides is 1. The second kappa shape index (κ2) is 6.24. The van der Waals surface area contributed by atoms with E-state index in [9.17, 15) is 4.79 Å². The molecule has 0 bridgehead atoms. The molecule has 0 aliphatic carbocycles. The summed E-state index contributed by atoms with van der Waals surface area (Å²) >= 11 is 0. The predicted molar refractivity (Wildman–Crippen MR) is 81.1 cm³/mol. The minimum absolute atomic E-state index is 0.0118. The van der Waals surface area contributed by atoms with Gasteiger partial charge in [-0.3, -0.25) is 4.79 Å². The van der Waals surface area contributed by atoms with Crippen molar-refractivity contribution in [2.24, 2.45) is 0 Å². The van der Waals surface area contributed by atoms with Crippen molar-refractivity contribution in [2.75, 3.05) is 20.7 Å². The summed E-state index contributed by atoms with van der Waals surface area (Å²) < 4.78 is 5.43. The van der Waals surface area contributed by atoms with Gasteiger partial charge in [-0.15, -0.1) is 0 Å². The zero-order chi connectivity index (χ0) is 14.5. The molecule has 2 aromatic rings. The van der Waals surface area contributed by atoms with Gasteiger partial charge in [-0.2, -0.15) is 0 Å². The van der Waals surface area contributed by atoms with Gasteiger partial charge < -0.3 is 9.64 Å². The highest BCUT2D eigenvalue weighted by molar-refractivity contribution is 5.95. The Morgan fingerprint density at radius 2 is 1.75 bits per heavy atom. The summed E-state index contributed by atoms with van der Waals surface area (Å²) in [6.45, 7) is 2.62. The molecule has 104 valence electrons. The van der Waals surface area contributed by atoms with E-state index in [0.29, 0.717) is 12.2 Å². The standard InChI is InChI=1S/C17H19NO2/c1-4-20-16-10-8-13(9-11-16)14-6-5-7-15(12-14)17(19)18(2)3/h5-12H,4H2,1-3H3. The number of rotatable bonds is 4. The quantitative estimate of drug-likeness (QED) is 0.850. The molecule has 2 aromatic carbocycles. The number of benzene rings is 2. The normalized spacial score (nSPS) is 10.2. The number of carbonyl (C=O) groups is 1. The molecular formula is C17H19NO2. The van der Waals surface area contributed by atoms with Gasteiger partial charge in [0.25, 0.3) is 5.91 Å². The maximum absolute atomic E-state index is 12.0. The monoisotopic (exact) mass is 269 g/mol. The smallest absolute Gasteiger partial charge is 0.253 e. The molecule has 0 aliphatic heterocycles. The van der Waals surface area contributed by atoms with Crippen molar-refractivity contribution in [3.05, 3.63) is 54.1 Å². The van der Waals surface area contributed by atoms with Gasteiger partial charge in [0, 0.05) is 19.7 Å². The molecule has 0 fully saturated rings. The summed E-state index contributed by atoms with van der Waals surface area (Å²) in [6.07, 6.45) is 0. The van der Waals surface area contributed by atoms with Crippen LogP contribution in [-0.4, -0.2) is 31.5 Å². The Labute approximate surface area is 119 Å². The average molecular weight is 269 g/mol. The van der Waals surface area contributed by atoms with Gasteiger partial charge in [0.1, 0.15) is 5.75 Å². The SMILES string of the molecule is CCOc1ccc(-c2cccc(C(=O)N(C)C)c2)cc1. The highest BCUT2D eigenvalue weighted by atomic mass is 16.5. The van der Waals surface area contributed by atoms with Crippen molar-refractivity contribution in [2.45, 2.75) is 6.92 Å². The van der Waals surface area contributed by atoms with Crippen molar-refractivity contribution in [3.8, 4) is 16.9 Å². The molecule has 0 saturated carbocycles. The van der Waals surface area contributed by atoms with E-state index in [0.717, 1.165) is 16.9 Å². The van der Waals surface area contributed by atoms with Crippen molar-refractivity contribution in [3.63, 3.8) is 0 Å². The molecule has 2 rings (SSSR count). The minimum atomic E-state index is 0.0118. The third-order valence-corrected chi connectivity index (χ3v) is 3.01. The molecule has 3 heteroatoms. The van der Waals surface area contributed by atoms with E-state index in [4.69, 9.17) is 4.74 Å². The Hall–Kier alpha value is -2.29. The average Bonchev–Trinajstić information content (AvgIpc) is 2.47. The van der Waals surface area contributed by atoms with Crippen LogP contribution in [0, 0.1) is 0 Å². The van der Waals surface area contributed by atoms with E-state index in [1.54, 1.807) is 19.0 Å². The Balaban J connectivity index is 2.28. The van der Waals surface area contributed by atoms with Crippen molar-refractivity contribution >= 4 is 5.91 Å². The fourth-order valence-corrected chi connectivity index (χ4v) is 2.00. The van der Waals surface area contributed by atoms with E-state index in [1.165, 1.54) is 0 Å². The van der Waals surface area contributed by atoms with Crippen LogP contribution in [-0.2, 0) is 0 Å². The van der Waals surface area contributed by atoms with Gasteiger partial charge in [-0.25, -0.2) is 0 Å². The molecule has 0 spiro atoms. The highest BCUT2D eigenvalue weighted by Gasteiger charge is 2.08. The van der Waals surface area contributed by atoms with Gasteiger partial charge in [0.05, 0.1) is 6.61 Å². The molecule has 0 aromatic heterocycles. The first-order valence-corrected chi connectivity index (χ1v) is 6.66. The molecule has 0 N–H and O–H groups in total. The molecular weight excluding hydrogens is 250 g/mol. The first kappa shape index (κ1) is 14.1. The van der Waals surface area contributed by atoms with Crippen molar-refractivity contribution in [1.82, 2.24) is 4.90 Å². The summed E-state index contributed by atoms with van der Waals surface area (Å²) in [6, 6.07) is 15.6. The first-order valence-electron chi connectivity index (χ1n) is 6.66. The van der Waals surface area contributed by atoms with Gasteiger partial charge in [-0.1, -0.05) is 24.3 Å². The number of hydrogen-bond acceptors (Lipinski definition) is 2. The van der Waals surface area contributed by atoms with Crippen LogP contribution in [0.2, 0.25) is 0 Å². The largest absolute Gasteiger partial charge is 0.494 e. The third kappa shape index (κ3) is 3.18. The molecule has 0 aliphatic rings. The molecule has 0 heterocycles. The van der Waals surface area contributed by atoms with Crippen LogP contribution >= 0.6 is 0 Å². The fourth-order valence-electron chi connectivity index (χ4n) is 2.00. The number of hydrogen-bond donors (Lipinski definition) is 0. The Morgan fingerprint density at radius 1 is 1.05 bits per heavy atom. The lowest BCUT2D eigenvalue weighted by molar-refractivity contribution is 0.0827. The molecule has 0 atom stereocenters. The van der Waals surface area contributed by atoms with Crippen LogP contribution in [0.5, 0.6) is 5.75 Å². The zero-order valence-corrected chi connectivity index (χ0v) is 12.1. The summed E-state index contributed by atoms with van der Waals surface area (Å²) in [5.74, 6) is 0.870. The maximum atomic E-state index is 12.0. The Kier molecular flexibility index (Phi) is 4.41. The van der Waals surface area contributed by atoms with Crippen LogP contribution in [0.3, 0.4) is 0 Å². The molecule has 0 unspecified atom stereocenters. The van der Waals surface area contributed by atoms with Crippen LogP contribution < -0.4 is 4.74 Å². The van der Waals surface area contributed by atoms with Gasteiger partial charge in [0.15, 0.2) is 0 Å². The maximum Gasteiger partial charge on any atom is 0.253 e. The lowest BCUT2D eigenvalue weighted by atomic mass is 10.0. The molecule has 0 radical (unpaired) electrons. The molecule has 0 saturated heterocycles. The van der Waals surface area contributed by atoms with Gasteiger partial charge in [0.2, 0.25) is 0 Å². The van der Waals surface area contributed by atoms with E-state index in [2.05, 4.69) is 0 Å². The summed E-state index contributed by atoms with van der Waals surface area (Å²) in [5.41, 5.74) is 2.80. The van der Waals surface area contributed by atoms with E-state index >= 15 is 0 Å². The van der Waals surface area contributed by atoms with Crippen molar-refractivity contribution < 1.29 is 9.53 Å². The summed E-state index contributed by atoms with van der Waals surface area (Å²) in [7, 11) is 3.51. The predicted octanol–water partition coefficient (Wildman–Crippen LogP) is 3.45. The zero-order valence-electron chi connectivity index (χ0n) is 12.1. The van der Waals surface area contributed by atoms with Crippen LogP contribution in [0.1, 0.15) is 17.3 Å². The second-order valence-corrected chi connectivity index (χ2v) is 4.74. The number of ether oxygens (including phenoxy) is 1. The second-order valence-electron chi connectivity index (χ2n) is 4.74. The Morgan fingerprint density at radius 3 is 2.35 bits per heavy atom. The molecule has 3 nitrogen and oxygen atoms in total. The topological polar surface area (TPSA) is 29.5 Å². The number of nitrogens with zero attached hydrogens (tertiary/aromatic N) is 1. The van der Waals surface area contributed by atoms with Gasteiger partial charge >= 0.3 is 0 Å². The van der Waals surface area contributed by atoms with E-state index in [1.807, 2.05) is 55.5 Å². The fraction of sp³-hybridized carbons (Fsp3) is 0.235. The summed E-state index contributed by atoms with van der Waals surface area (Å²) in [5, 5.41) is 0. The minimum Gasteiger partial charge on any atom is -0.494 e. The lowest BCUT2D eigenvalue weighted by Crippen LogP contribution is -2.21.